The van der Waals surface area contributed by atoms with Crippen molar-refractivity contribution in [2.24, 2.45) is 0 Å². The van der Waals surface area contributed by atoms with E-state index in [1.807, 2.05) is 6.07 Å². The molecule has 2 unspecified atom stereocenters. The maximum atomic E-state index is 13.1. The molecule has 1 saturated heterocycles. The van der Waals surface area contributed by atoms with Gasteiger partial charge >= 0.3 is 0 Å². The Bertz CT molecular complexity index is 984. The lowest BCUT2D eigenvalue weighted by atomic mass is 10.0. The number of nitrogen functional groups attached to an aromatic ring is 1. The third-order valence-electron chi connectivity index (χ3n) is 5.93. The van der Waals surface area contributed by atoms with E-state index in [4.69, 9.17) is 10.5 Å². The van der Waals surface area contributed by atoms with Crippen LogP contribution in [0, 0.1) is 5.82 Å². The molecule has 1 aliphatic carbocycles. The third-order valence-corrected chi connectivity index (χ3v) is 5.93. The molecule has 0 radical (unpaired) electrons. The molecule has 170 valence electrons. The maximum absolute atomic E-state index is 13.1. The van der Waals surface area contributed by atoms with Crippen LogP contribution in [0.15, 0.2) is 36.4 Å². The van der Waals surface area contributed by atoms with E-state index in [1.165, 1.54) is 12.1 Å². The Hall–Kier alpha value is -3.20. The molecule has 0 spiro atoms. The number of nitrogens with zero attached hydrogens (tertiary/aromatic N) is 1. The minimum atomic E-state index is -0.687. The van der Waals surface area contributed by atoms with Crippen LogP contribution >= 0.6 is 0 Å². The number of hydrogen-bond acceptors (Lipinski definition) is 6. The highest BCUT2D eigenvalue weighted by atomic mass is 19.1. The fourth-order valence-electron chi connectivity index (χ4n) is 4.20. The fraction of sp³-hybridized carbons (Fsp3) is 0.435. The Morgan fingerprint density at radius 1 is 1.22 bits per heavy atom. The van der Waals surface area contributed by atoms with Gasteiger partial charge in [-0.1, -0.05) is 6.07 Å². The lowest BCUT2D eigenvalue weighted by molar-refractivity contribution is -0.130. The molecule has 32 heavy (non-hydrogen) atoms. The zero-order chi connectivity index (χ0) is 22.7. The highest BCUT2D eigenvalue weighted by molar-refractivity contribution is 5.89. The van der Waals surface area contributed by atoms with Crippen molar-refractivity contribution in [2.45, 2.75) is 56.8 Å². The summed E-state index contributed by atoms with van der Waals surface area (Å²) in [6.07, 6.45) is 2.53. The molecule has 1 aliphatic heterocycles. The van der Waals surface area contributed by atoms with Crippen LogP contribution in [0.4, 0.5) is 10.2 Å². The second kappa shape index (κ2) is 9.52. The quantitative estimate of drug-likeness (QED) is 0.541. The van der Waals surface area contributed by atoms with Crippen LogP contribution in [0.5, 0.6) is 5.75 Å². The fourth-order valence-corrected chi connectivity index (χ4v) is 4.20. The number of benzene rings is 1. The number of halogens is 1. The van der Waals surface area contributed by atoms with Gasteiger partial charge in [0.1, 0.15) is 29.5 Å². The smallest absolute Gasteiger partial charge is 0.242 e. The number of nitrogens with one attached hydrogen (secondary N) is 3. The molecule has 0 bridgehead atoms. The molecule has 1 fully saturated rings. The van der Waals surface area contributed by atoms with Crippen molar-refractivity contribution in [1.29, 1.82) is 0 Å². The SMILES string of the molecule is C[C@H](NC(=O)[C@H]1CC(Oc2ccc(F)cc2)CCN1)C(=O)NC1CCc2nc(N)ccc21. The number of carbonyl (C=O) groups is 2. The zero-order valence-electron chi connectivity index (χ0n) is 17.9. The summed E-state index contributed by atoms with van der Waals surface area (Å²) in [5.41, 5.74) is 7.62. The summed E-state index contributed by atoms with van der Waals surface area (Å²) in [6.45, 7) is 2.28. The number of aromatic nitrogens is 1. The average Bonchev–Trinajstić information content (AvgIpc) is 3.17. The summed E-state index contributed by atoms with van der Waals surface area (Å²) in [5.74, 6) is 0.217. The summed E-state index contributed by atoms with van der Waals surface area (Å²) < 4.78 is 19.0. The van der Waals surface area contributed by atoms with Gasteiger partial charge in [-0.3, -0.25) is 9.59 Å². The second-order valence-electron chi connectivity index (χ2n) is 8.33. The molecule has 8 nitrogen and oxygen atoms in total. The largest absolute Gasteiger partial charge is 0.490 e. The molecule has 2 aliphatic rings. The van der Waals surface area contributed by atoms with Gasteiger partial charge in [0.25, 0.3) is 0 Å². The van der Waals surface area contributed by atoms with Gasteiger partial charge in [0.2, 0.25) is 11.8 Å². The molecular weight excluding hydrogens is 413 g/mol. The van der Waals surface area contributed by atoms with Crippen LogP contribution in [0.25, 0.3) is 0 Å². The van der Waals surface area contributed by atoms with E-state index in [0.717, 1.165) is 30.5 Å². The van der Waals surface area contributed by atoms with Gasteiger partial charge in [0.05, 0.1) is 12.1 Å². The predicted molar refractivity (Wildman–Crippen MR) is 117 cm³/mol. The van der Waals surface area contributed by atoms with Gasteiger partial charge in [-0.2, -0.15) is 0 Å². The molecule has 5 N–H and O–H groups in total. The van der Waals surface area contributed by atoms with Crippen LogP contribution in [-0.2, 0) is 16.0 Å². The Kier molecular flexibility index (Phi) is 6.55. The van der Waals surface area contributed by atoms with E-state index in [1.54, 1.807) is 25.1 Å². The van der Waals surface area contributed by atoms with Crippen LogP contribution in [0.1, 0.15) is 43.5 Å². The van der Waals surface area contributed by atoms with Gasteiger partial charge in [-0.15, -0.1) is 0 Å². The Morgan fingerprint density at radius 3 is 2.78 bits per heavy atom. The van der Waals surface area contributed by atoms with Crippen molar-refractivity contribution in [1.82, 2.24) is 20.9 Å². The van der Waals surface area contributed by atoms with Gasteiger partial charge in [0.15, 0.2) is 0 Å². The van der Waals surface area contributed by atoms with Crippen LogP contribution in [0.2, 0.25) is 0 Å². The highest BCUT2D eigenvalue weighted by Crippen LogP contribution is 2.30. The Labute approximate surface area is 186 Å². The van der Waals surface area contributed by atoms with Gasteiger partial charge in [-0.05, 0) is 68.6 Å². The number of rotatable bonds is 6. The topological polar surface area (TPSA) is 118 Å². The molecule has 9 heteroatoms. The van der Waals surface area contributed by atoms with Crippen molar-refractivity contribution in [3.63, 3.8) is 0 Å². The monoisotopic (exact) mass is 441 g/mol. The Balaban J connectivity index is 1.28. The van der Waals surface area contributed by atoms with Gasteiger partial charge in [0, 0.05) is 12.1 Å². The zero-order valence-corrected chi connectivity index (χ0v) is 17.9. The van der Waals surface area contributed by atoms with Gasteiger partial charge in [-0.25, -0.2) is 9.37 Å². The number of aryl methyl sites for hydroxylation is 1. The van der Waals surface area contributed by atoms with E-state index in [0.29, 0.717) is 24.5 Å². The van der Waals surface area contributed by atoms with Crippen LogP contribution in [0.3, 0.4) is 0 Å². The predicted octanol–water partition coefficient (Wildman–Crippen LogP) is 1.61. The number of amides is 2. The summed E-state index contributed by atoms with van der Waals surface area (Å²) in [7, 11) is 0. The van der Waals surface area contributed by atoms with E-state index >= 15 is 0 Å². The normalized spacial score (nSPS) is 23.1. The van der Waals surface area contributed by atoms with Gasteiger partial charge < -0.3 is 26.4 Å². The van der Waals surface area contributed by atoms with Crippen molar-refractivity contribution < 1.29 is 18.7 Å². The summed E-state index contributed by atoms with van der Waals surface area (Å²) in [6, 6.07) is 8.17. The molecule has 1 aromatic heterocycles. The number of ether oxygens (including phenoxy) is 1. The maximum Gasteiger partial charge on any atom is 0.242 e. The second-order valence-corrected chi connectivity index (χ2v) is 8.33. The van der Waals surface area contributed by atoms with Crippen molar-refractivity contribution in [3.05, 3.63) is 53.5 Å². The van der Waals surface area contributed by atoms with Crippen molar-refractivity contribution in [2.75, 3.05) is 12.3 Å². The molecular formula is C23H28FN5O3. The molecule has 0 saturated carbocycles. The number of fused-ring (bicyclic) bond motifs is 1. The first-order chi connectivity index (χ1) is 15.4. The number of pyridine rings is 1. The Morgan fingerprint density at radius 2 is 2.00 bits per heavy atom. The first kappa shape index (κ1) is 22.0. The summed E-state index contributed by atoms with van der Waals surface area (Å²) >= 11 is 0. The minimum Gasteiger partial charge on any atom is -0.490 e. The minimum absolute atomic E-state index is 0.133. The lowest BCUT2D eigenvalue weighted by Gasteiger charge is -2.30. The number of hydrogen-bond donors (Lipinski definition) is 4. The molecule has 2 aromatic rings. The number of carbonyl (C=O) groups excluding carboxylic acids is 2. The van der Waals surface area contributed by atoms with E-state index in [2.05, 4.69) is 20.9 Å². The average molecular weight is 442 g/mol. The first-order valence-corrected chi connectivity index (χ1v) is 10.9. The molecule has 1 aromatic carbocycles. The first-order valence-electron chi connectivity index (χ1n) is 10.9. The van der Waals surface area contributed by atoms with Crippen LogP contribution in [-0.4, -0.2) is 41.5 Å². The number of nitrogens with two attached hydrogens (primary N) is 1. The summed E-state index contributed by atoms with van der Waals surface area (Å²) in [4.78, 5) is 29.8. The van der Waals surface area contributed by atoms with Crippen LogP contribution < -0.4 is 26.4 Å². The standard InChI is InChI=1S/C23H28FN5O3/c1-13(22(30)29-19-8-7-18-17(19)6-9-21(25)28-18)27-23(31)20-12-16(10-11-26-20)32-15-4-2-14(24)3-5-15/h2-6,9,13,16,19-20,26H,7-8,10-12H2,1H3,(H2,25,28)(H,27,31)(H,29,30)/t13-,16?,19?,20+/m0/s1. The number of piperidine rings is 1. The van der Waals surface area contributed by atoms with E-state index in [-0.39, 0.29) is 29.8 Å². The molecule has 2 heterocycles. The van der Waals surface area contributed by atoms with E-state index in [9.17, 15) is 14.0 Å². The lowest BCUT2D eigenvalue weighted by Crippen LogP contribution is -2.55. The molecule has 2 amide bonds. The van der Waals surface area contributed by atoms with E-state index < -0.39 is 12.1 Å². The third kappa shape index (κ3) is 5.16. The number of anilines is 1. The molecule has 4 rings (SSSR count). The highest BCUT2D eigenvalue weighted by Gasteiger charge is 2.31. The van der Waals surface area contributed by atoms with Crippen molar-refractivity contribution >= 4 is 17.6 Å². The molecule has 4 atom stereocenters. The van der Waals surface area contributed by atoms with Crippen molar-refractivity contribution in [3.8, 4) is 5.75 Å². The summed E-state index contributed by atoms with van der Waals surface area (Å²) in [5, 5.41) is 8.97.